The van der Waals surface area contributed by atoms with Crippen molar-refractivity contribution in [1.29, 1.82) is 0 Å². The lowest BCUT2D eigenvalue weighted by Gasteiger charge is -2.07. The Hall–Kier alpha value is -1.88. The van der Waals surface area contributed by atoms with Crippen LogP contribution in [-0.4, -0.2) is 9.55 Å². The van der Waals surface area contributed by atoms with Gasteiger partial charge in [-0.25, -0.2) is 9.37 Å². The molecule has 3 nitrogen and oxygen atoms in total. The molecule has 19 heavy (non-hydrogen) atoms. The third-order valence-electron chi connectivity index (χ3n) is 3.03. The summed E-state index contributed by atoms with van der Waals surface area (Å²) in [6, 6.07) is 12.4. The molecule has 3 rings (SSSR count). The largest absolute Gasteiger partial charge is 0.369 e. The molecule has 5 heteroatoms. The number of nitrogen functional groups attached to an aromatic ring is 1. The molecule has 0 spiro atoms. The molecule has 0 bridgehead atoms. The maximum atomic E-state index is 13.7. The summed E-state index contributed by atoms with van der Waals surface area (Å²) in [4.78, 5) is 4.29. The van der Waals surface area contributed by atoms with E-state index in [2.05, 4.69) is 20.9 Å². The molecule has 1 heterocycles. The lowest BCUT2D eigenvalue weighted by atomic mass is 10.2. The van der Waals surface area contributed by atoms with Gasteiger partial charge in [-0.2, -0.15) is 0 Å². The first-order chi connectivity index (χ1) is 9.15. The first-order valence-corrected chi connectivity index (χ1v) is 6.59. The number of nitrogens with zero attached hydrogens (tertiary/aromatic N) is 2. The molecule has 1 aromatic heterocycles. The number of rotatable bonds is 2. The second-order valence-corrected chi connectivity index (χ2v) is 5.20. The first-order valence-electron chi connectivity index (χ1n) is 5.80. The zero-order valence-electron chi connectivity index (χ0n) is 9.98. The van der Waals surface area contributed by atoms with Gasteiger partial charge >= 0.3 is 0 Å². The van der Waals surface area contributed by atoms with Gasteiger partial charge in [0.05, 0.1) is 17.6 Å². The fourth-order valence-electron chi connectivity index (χ4n) is 2.08. The molecule has 0 saturated carbocycles. The van der Waals surface area contributed by atoms with E-state index < -0.39 is 0 Å². The lowest BCUT2D eigenvalue weighted by molar-refractivity contribution is 0.602. The van der Waals surface area contributed by atoms with Crippen LogP contribution < -0.4 is 5.73 Å². The molecule has 0 aliphatic rings. The van der Waals surface area contributed by atoms with E-state index in [1.807, 2.05) is 24.3 Å². The Morgan fingerprint density at radius 3 is 2.79 bits per heavy atom. The second kappa shape index (κ2) is 4.66. The van der Waals surface area contributed by atoms with E-state index in [9.17, 15) is 4.39 Å². The highest BCUT2D eigenvalue weighted by Gasteiger charge is 2.10. The van der Waals surface area contributed by atoms with Crippen molar-refractivity contribution >= 4 is 32.9 Å². The predicted octanol–water partition coefficient (Wildman–Crippen LogP) is 3.57. The normalized spacial score (nSPS) is 11.1. The molecule has 0 radical (unpaired) electrons. The van der Waals surface area contributed by atoms with Crippen LogP contribution in [0.25, 0.3) is 11.0 Å². The number of anilines is 1. The van der Waals surface area contributed by atoms with Gasteiger partial charge in [0.2, 0.25) is 5.95 Å². The van der Waals surface area contributed by atoms with Crippen molar-refractivity contribution in [3.05, 3.63) is 58.3 Å². The highest BCUT2D eigenvalue weighted by atomic mass is 79.9. The minimum atomic E-state index is -0.235. The standard InChI is InChI=1S/C14H11BrFN3/c15-10-5-6-13-12(7-10)18-14(17)19(13)8-9-3-1-2-4-11(9)16/h1-7H,8H2,(H2,17,18). The van der Waals surface area contributed by atoms with Gasteiger partial charge in [0.25, 0.3) is 0 Å². The van der Waals surface area contributed by atoms with E-state index in [1.165, 1.54) is 6.07 Å². The molecule has 0 aliphatic carbocycles. The highest BCUT2D eigenvalue weighted by molar-refractivity contribution is 9.10. The average Bonchev–Trinajstić information content (AvgIpc) is 2.68. The number of hydrogen-bond donors (Lipinski definition) is 1. The summed E-state index contributed by atoms with van der Waals surface area (Å²) in [7, 11) is 0. The minimum absolute atomic E-state index is 0.235. The van der Waals surface area contributed by atoms with Crippen LogP contribution in [0, 0.1) is 5.82 Å². The Balaban J connectivity index is 2.10. The van der Waals surface area contributed by atoms with E-state index in [1.54, 1.807) is 16.7 Å². The number of imidazole rings is 1. The smallest absolute Gasteiger partial charge is 0.201 e. The molecule has 96 valence electrons. The molecule has 0 amide bonds. The fraction of sp³-hybridized carbons (Fsp3) is 0.0714. The Morgan fingerprint density at radius 1 is 1.21 bits per heavy atom. The monoisotopic (exact) mass is 319 g/mol. The number of nitrogens with two attached hydrogens (primary N) is 1. The minimum Gasteiger partial charge on any atom is -0.369 e. The average molecular weight is 320 g/mol. The van der Waals surface area contributed by atoms with Crippen LogP contribution in [0.4, 0.5) is 10.3 Å². The van der Waals surface area contributed by atoms with Gasteiger partial charge in [-0.15, -0.1) is 0 Å². The Labute approximate surface area is 118 Å². The van der Waals surface area contributed by atoms with E-state index in [0.29, 0.717) is 18.1 Å². The maximum absolute atomic E-state index is 13.7. The molecule has 0 saturated heterocycles. The third-order valence-corrected chi connectivity index (χ3v) is 3.52. The summed E-state index contributed by atoms with van der Waals surface area (Å²) >= 11 is 3.39. The van der Waals surface area contributed by atoms with Gasteiger partial charge in [0.1, 0.15) is 5.82 Å². The Kier molecular flexibility index (Phi) is 2.98. The van der Waals surface area contributed by atoms with Crippen LogP contribution in [-0.2, 0) is 6.54 Å². The van der Waals surface area contributed by atoms with Crippen molar-refractivity contribution in [3.63, 3.8) is 0 Å². The van der Waals surface area contributed by atoms with Crippen LogP contribution in [0.2, 0.25) is 0 Å². The summed E-state index contributed by atoms with van der Waals surface area (Å²) in [5.74, 6) is 0.150. The number of hydrogen-bond acceptors (Lipinski definition) is 2. The zero-order valence-corrected chi connectivity index (χ0v) is 11.6. The van der Waals surface area contributed by atoms with Crippen molar-refractivity contribution in [1.82, 2.24) is 9.55 Å². The number of halogens is 2. The van der Waals surface area contributed by atoms with Crippen LogP contribution in [0.3, 0.4) is 0 Å². The fourth-order valence-corrected chi connectivity index (χ4v) is 2.43. The molecule has 0 fully saturated rings. The van der Waals surface area contributed by atoms with Crippen molar-refractivity contribution in [2.75, 3.05) is 5.73 Å². The summed E-state index contributed by atoms with van der Waals surface area (Å²) in [6.07, 6.45) is 0. The Morgan fingerprint density at radius 2 is 2.00 bits per heavy atom. The van der Waals surface area contributed by atoms with Crippen molar-refractivity contribution < 1.29 is 4.39 Å². The zero-order chi connectivity index (χ0) is 13.4. The summed E-state index contributed by atoms with van der Waals surface area (Å²) in [5.41, 5.74) is 8.20. The number of benzene rings is 2. The van der Waals surface area contributed by atoms with Crippen molar-refractivity contribution in [2.24, 2.45) is 0 Å². The van der Waals surface area contributed by atoms with Gasteiger partial charge in [0.15, 0.2) is 0 Å². The Bertz CT molecular complexity index is 752. The molecular formula is C14H11BrFN3. The summed E-state index contributed by atoms with van der Waals surface area (Å²) in [5, 5.41) is 0. The molecule has 0 aliphatic heterocycles. The summed E-state index contributed by atoms with van der Waals surface area (Å²) < 4.78 is 16.4. The highest BCUT2D eigenvalue weighted by Crippen LogP contribution is 2.23. The van der Waals surface area contributed by atoms with Gasteiger partial charge < -0.3 is 10.3 Å². The van der Waals surface area contributed by atoms with Crippen LogP contribution >= 0.6 is 15.9 Å². The predicted molar refractivity (Wildman–Crippen MR) is 77.3 cm³/mol. The van der Waals surface area contributed by atoms with Gasteiger partial charge in [-0.05, 0) is 24.3 Å². The molecule has 0 unspecified atom stereocenters. The second-order valence-electron chi connectivity index (χ2n) is 4.28. The lowest BCUT2D eigenvalue weighted by Crippen LogP contribution is -2.05. The molecule has 0 atom stereocenters. The van der Waals surface area contributed by atoms with Crippen LogP contribution in [0.1, 0.15) is 5.56 Å². The molecule has 2 N–H and O–H groups in total. The van der Waals surface area contributed by atoms with Crippen LogP contribution in [0.5, 0.6) is 0 Å². The van der Waals surface area contributed by atoms with Gasteiger partial charge in [0, 0.05) is 10.0 Å². The van der Waals surface area contributed by atoms with Gasteiger partial charge in [-0.3, -0.25) is 0 Å². The summed E-state index contributed by atoms with van der Waals surface area (Å²) in [6.45, 7) is 0.372. The van der Waals surface area contributed by atoms with E-state index >= 15 is 0 Å². The molecule has 3 aromatic rings. The third kappa shape index (κ3) is 2.21. The van der Waals surface area contributed by atoms with Crippen LogP contribution in [0.15, 0.2) is 46.9 Å². The van der Waals surface area contributed by atoms with Gasteiger partial charge in [-0.1, -0.05) is 34.1 Å². The molecule has 2 aromatic carbocycles. The van der Waals surface area contributed by atoms with E-state index in [4.69, 9.17) is 5.73 Å². The van der Waals surface area contributed by atoms with Crippen molar-refractivity contribution in [3.8, 4) is 0 Å². The SMILES string of the molecule is Nc1nc2cc(Br)ccc2n1Cc1ccccc1F. The topological polar surface area (TPSA) is 43.8 Å². The van der Waals surface area contributed by atoms with E-state index in [-0.39, 0.29) is 5.82 Å². The number of aromatic nitrogens is 2. The van der Waals surface area contributed by atoms with Crippen molar-refractivity contribution in [2.45, 2.75) is 6.54 Å². The first kappa shape index (κ1) is 12.2. The number of fused-ring (bicyclic) bond motifs is 1. The quantitative estimate of drug-likeness (QED) is 0.784. The maximum Gasteiger partial charge on any atom is 0.201 e. The van der Waals surface area contributed by atoms with E-state index in [0.717, 1.165) is 15.5 Å². The molecular weight excluding hydrogens is 309 g/mol.